The van der Waals surface area contributed by atoms with Crippen molar-refractivity contribution in [3.05, 3.63) is 64.7 Å². The van der Waals surface area contributed by atoms with Crippen molar-refractivity contribution in [1.29, 1.82) is 0 Å². The van der Waals surface area contributed by atoms with Crippen molar-refractivity contribution in [2.24, 2.45) is 4.99 Å². The molecule has 0 saturated carbocycles. The third-order valence-electron chi connectivity index (χ3n) is 3.65. The number of carbonyl (C=O) groups is 1. The molecule has 146 valence electrons. The Balaban J connectivity index is 0.00000364. The molecule has 0 aliphatic rings. The summed E-state index contributed by atoms with van der Waals surface area (Å²) in [7, 11) is 3.29. The minimum Gasteiger partial charge on any atom is -0.497 e. The highest BCUT2D eigenvalue weighted by Crippen LogP contribution is 2.11. The first-order valence-corrected chi connectivity index (χ1v) is 8.61. The Morgan fingerprint density at radius 2 is 1.63 bits per heavy atom. The summed E-state index contributed by atoms with van der Waals surface area (Å²) in [4.78, 5) is 16.2. The van der Waals surface area contributed by atoms with Crippen molar-refractivity contribution < 1.29 is 9.53 Å². The van der Waals surface area contributed by atoms with E-state index in [1.165, 1.54) is 0 Å². The van der Waals surface area contributed by atoms with Crippen molar-refractivity contribution in [3.8, 4) is 5.75 Å². The second kappa shape index (κ2) is 12.4. The molecular weight excluding hydrogens is 479 g/mol. The molecule has 0 spiro atoms. The summed E-state index contributed by atoms with van der Waals surface area (Å²) in [6.45, 7) is 1.67. The fraction of sp³-hybridized carbons (Fsp3) is 0.263. The van der Waals surface area contributed by atoms with E-state index in [1.54, 1.807) is 38.4 Å². The lowest BCUT2D eigenvalue weighted by molar-refractivity contribution is 0.0954. The van der Waals surface area contributed by atoms with Gasteiger partial charge in [0.2, 0.25) is 0 Å². The molecule has 2 aromatic rings. The third kappa shape index (κ3) is 8.04. The number of rotatable bonds is 7. The number of halogens is 2. The predicted molar refractivity (Wildman–Crippen MR) is 120 cm³/mol. The predicted octanol–water partition coefficient (Wildman–Crippen LogP) is 3.06. The van der Waals surface area contributed by atoms with E-state index in [0.717, 1.165) is 11.3 Å². The van der Waals surface area contributed by atoms with E-state index < -0.39 is 0 Å². The van der Waals surface area contributed by atoms with Crippen molar-refractivity contribution in [2.75, 3.05) is 27.2 Å². The quantitative estimate of drug-likeness (QED) is 0.235. The number of hydrogen-bond acceptors (Lipinski definition) is 3. The topological polar surface area (TPSA) is 74.8 Å². The van der Waals surface area contributed by atoms with Crippen LogP contribution in [0.25, 0.3) is 0 Å². The van der Waals surface area contributed by atoms with E-state index in [-0.39, 0.29) is 29.9 Å². The summed E-state index contributed by atoms with van der Waals surface area (Å²) >= 11 is 5.87. The second-order valence-electron chi connectivity index (χ2n) is 5.46. The van der Waals surface area contributed by atoms with Crippen LogP contribution in [-0.2, 0) is 6.54 Å². The fourth-order valence-electron chi connectivity index (χ4n) is 2.21. The first-order chi connectivity index (χ1) is 12.6. The van der Waals surface area contributed by atoms with E-state index in [2.05, 4.69) is 20.9 Å². The van der Waals surface area contributed by atoms with Gasteiger partial charge in [0.15, 0.2) is 5.96 Å². The normalized spacial score (nSPS) is 10.6. The molecule has 1 amide bonds. The Labute approximate surface area is 181 Å². The first kappa shape index (κ1) is 23.0. The minimum absolute atomic E-state index is 0. The van der Waals surface area contributed by atoms with E-state index in [0.29, 0.717) is 36.2 Å². The van der Waals surface area contributed by atoms with E-state index in [4.69, 9.17) is 16.3 Å². The zero-order valence-corrected chi connectivity index (χ0v) is 18.4. The van der Waals surface area contributed by atoms with Crippen LogP contribution in [0.4, 0.5) is 0 Å². The molecule has 3 N–H and O–H groups in total. The monoisotopic (exact) mass is 502 g/mol. The van der Waals surface area contributed by atoms with Crippen LogP contribution in [0.2, 0.25) is 5.02 Å². The van der Waals surface area contributed by atoms with Crippen LogP contribution < -0.4 is 20.7 Å². The van der Waals surface area contributed by atoms with Crippen molar-refractivity contribution >= 4 is 47.4 Å². The third-order valence-corrected chi connectivity index (χ3v) is 3.90. The van der Waals surface area contributed by atoms with Crippen LogP contribution in [0.5, 0.6) is 5.75 Å². The number of amides is 1. The van der Waals surface area contributed by atoms with Gasteiger partial charge in [-0.3, -0.25) is 9.79 Å². The van der Waals surface area contributed by atoms with E-state index >= 15 is 0 Å². The smallest absolute Gasteiger partial charge is 0.251 e. The summed E-state index contributed by atoms with van der Waals surface area (Å²) < 4.78 is 5.08. The molecule has 0 unspecified atom stereocenters. The Morgan fingerprint density at radius 3 is 2.22 bits per heavy atom. The van der Waals surface area contributed by atoms with E-state index in [9.17, 15) is 4.79 Å². The maximum Gasteiger partial charge on any atom is 0.251 e. The van der Waals surface area contributed by atoms with E-state index in [1.807, 2.05) is 24.3 Å². The molecule has 0 atom stereocenters. The van der Waals surface area contributed by atoms with Crippen molar-refractivity contribution in [1.82, 2.24) is 16.0 Å². The number of hydrogen-bond donors (Lipinski definition) is 3. The molecule has 27 heavy (non-hydrogen) atoms. The molecule has 0 aliphatic heterocycles. The summed E-state index contributed by atoms with van der Waals surface area (Å²) in [6, 6.07) is 14.6. The van der Waals surface area contributed by atoms with Gasteiger partial charge in [-0.1, -0.05) is 23.7 Å². The SMILES string of the molecule is CN=C(NCCNC(=O)c1ccc(OC)cc1)NCc1ccc(Cl)cc1.I. The average molecular weight is 503 g/mol. The summed E-state index contributed by atoms with van der Waals surface area (Å²) in [6.07, 6.45) is 0. The molecule has 2 rings (SSSR count). The molecule has 2 aromatic carbocycles. The molecule has 0 bridgehead atoms. The molecule has 0 aromatic heterocycles. The molecule has 0 heterocycles. The molecule has 8 heteroatoms. The zero-order chi connectivity index (χ0) is 18.8. The second-order valence-corrected chi connectivity index (χ2v) is 5.90. The van der Waals surface area contributed by atoms with Crippen LogP contribution in [0.3, 0.4) is 0 Å². The van der Waals surface area contributed by atoms with Crippen LogP contribution in [0.1, 0.15) is 15.9 Å². The highest BCUT2D eigenvalue weighted by molar-refractivity contribution is 14.0. The summed E-state index contributed by atoms with van der Waals surface area (Å²) in [5.41, 5.74) is 1.70. The number of ether oxygens (including phenoxy) is 1. The van der Waals surface area contributed by atoms with Crippen LogP contribution >= 0.6 is 35.6 Å². The number of guanidine groups is 1. The highest BCUT2D eigenvalue weighted by atomic mass is 127. The first-order valence-electron chi connectivity index (χ1n) is 8.23. The van der Waals surface area contributed by atoms with Crippen LogP contribution in [0, 0.1) is 0 Å². The molecule has 0 fully saturated rings. The largest absolute Gasteiger partial charge is 0.497 e. The van der Waals surface area contributed by atoms with Gasteiger partial charge in [-0.15, -0.1) is 24.0 Å². The molecule has 0 radical (unpaired) electrons. The number of nitrogens with zero attached hydrogens (tertiary/aromatic N) is 1. The Bertz CT molecular complexity index is 736. The van der Waals surface area contributed by atoms with Gasteiger partial charge in [-0.25, -0.2) is 0 Å². The number of carbonyl (C=O) groups excluding carboxylic acids is 1. The van der Waals surface area contributed by atoms with Gasteiger partial charge < -0.3 is 20.7 Å². The number of methoxy groups -OCH3 is 1. The van der Waals surface area contributed by atoms with Gasteiger partial charge in [-0.2, -0.15) is 0 Å². The van der Waals surface area contributed by atoms with Crippen LogP contribution in [0.15, 0.2) is 53.5 Å². The summed E-state index contributed by atoms with van der Waals surface area (Å²) in [5, 5.41) is 9.93. The van der Waals surface area contributed by atoms with Gasteiger partial charge in [0.1, 0.15) is 5.75 Å². The average Bonchev–Trinajstić information content (AvgIpc) is 2.68. The van der Waals surface area contributed by atoms with Gasteiger partial charge in [0.25, 0.3) is 5.91 Å². The van der Waals surface area contributed by atoms with Crippen LogP contribution in [-0.4, -0.2) is 39.1 Å². The Hall–Kier alpha value is -2.00. The molecule has 6 nitrogen and oxygen atoms in total. The maximum atomic E-state index is 12.1. The van der Waals surface area contributed by atoms with Crippen molar-refractivity contribution in [2.45, 2.75) is 6.54 Å². The highest BCUT2D eigenvalue weighted by Gasteiger charge is 2.05. The number of nitrogens with one attached hydrogen (secondary N) is 3. The number of benzene rings is 2. The molecule has 0 aliphatic carbocycles. The lowest BCUT2D eigenvalue weighted by Gasteiger charge is -2.12. The number of aliphatic imine (C=N–C) groups is 1. The van der Waals surface area contributed by atoms with Crippen molar-refractivity contribution in [3.63, 3.8) is 0 Å². The molecule has 0 saturated heterocycles. The lowest BCUT2D eigenvalue weighted by atomic mass is 10.2. The Kier molecular flexibility index (Phi) is 10.6. The fourth-order valence-corrected chi connectivity index (χ4v) is 2.34. The summed E-state index contributed by atoms with van der Waals surface area (Å²) in [5.74, 6) is 1.26. The van der Waals surface area contributed by atoms with Gasteiger partial charge in [0.05, 0.1) is 7.11 Å². The Morgan fingerprint density at radius 1 is 1.00 bits per heavy atom. The molecular formula is C19H24ClIN4O2. The lowest BCUT2D eigenvalue weighted by Crippen LogP contribution is -2.41. The standard InChI is InChI=1S/C19H23ClN4O2.HI/c1-21-19(24-13-14-3-7-16(20)8-4-14)23-12-11-22-18(25)15-5-9-17(26-2)10-6-15;/h3-10H,11-13H2,1-2H3,(H,22,25)(H2,21,23,24);1H. The minimum atomic E-state index is -0.126. The van der Waals surface area contributed by atoms with Gasteiger partial charge >= 0.3 is 0 Å². The van der Waals surface area contributed by atoms with Gasteiger partial charge in [-0.05, 0) is 42.0 Å². The maximum absolute atomic E-state index is 12.1. The van der Waals surface area contributed by atoms with Gasteiger partial charge in [0, 0.05) is 37.3 Å². The zero-order valence-electron chi connectivity index (χ0n) is 15.3.